The van der Waals surface area contributed by atoms with E-state index in [0.29, 0.717) is 37.6 Å². The molecule has 2 N–H and O–H groups in total. The van der Waals surface area contributed by atoms with E-state index < -0.39 is 11.6 Å². The second kappa shape index (κ2) is 13.9. The molecule has 0 unspecified atom stereocenters. The summed E-state index contributed by atoms with van der Waals surface area (Å²) >= 11 is 0. The fourth-order valence-electron chi connectivity index (χ4n) is 1.89. The first-order chi connectivity index (χ1) is 12.7. The van der Waals surface area contributed by atoms with Crippen molar-refractivity contribution in [1.82, 2.24) is 0 Å². The summed E-state index contributed by atoms with van der Waals surface area (Å²) < 4.78 is 9.75. The van der Waals surface area contributed by atoms with Gasteiger partial charge in [-0.2, -0.15) is 0 Å². The molecule has 26 heavy (non-hydrogen) atoms. The first kappa shape index (κ1) is 21.7. The monoisotopic (exact) mass is 360 g/mol. The van der Waals surface area contributed by atoms with Crippen molar-refractivity contribution < 1.29 is 29.3 Å². The van der Waals surface area contributed by atoms with Crippen LogP contribution in [0, 0.1) is 0 Å². The number of ether oxygens (including phenoxy) is 2. The molecule has 0 radical (unpaired) electrons. The fourth-order valence-corrected chi connectivity index (χ4v) is 1.89. The molecule has 0 fully saturated rings. The van der Waals surface area contributed by atoms with Gasteiger partial charge in [0.15, 0.2) is 0 Å². The van der Waals surface area contributed by atoms with Gasteiger partial charge in [-0.25, -0.2) is 0 Å². The van der Waals surface area contributed by atoms with Crippen molar-refractivity contribution in [3.8, 4) is 0 Å². The minimum Gasteiger partial charge on any atom is -0.394 e. The topological polar surface area (TPSA) is 93.1 Å². The number of hydrogen-bond acceptors (Lipinski definition) is 6. The number of Topliss-reactive ketones (excluding diaryl/α,β-unsaturated/α-hetero) is 2. The number of ketones is 2. The summed E-state index contributed by atoms with van der Waals surface area (Å²) in [4.78, 5) is 23.6. The summed E-state index contributed by atoms with van der Waals surface area (Å²) in [7, 11) is 0. The van der Waals surface area contributed by atoms with Gasteiger partial charge in [0.25, 0.3) is 0 Å². The Kier molecular flexibility index (Phi) is 11.5. The van der Waals surface area contributed by atoms with Crippen LogP contribution in [-0.2, 0) is 9.47 Å². The lowest BCUT2D eigenvalue weighted by molar-refractivity contribution is 0.0222. The maximum Gasteiger partial charge on any atom is 0.233 e. The highest BCUT2D eigenvalue weighted by Crippen LogP contribution is 2.07. The number of aliphatic hydroxyl groups excluding tert-OH is 2. The molecule has 0 saturated heterocycles. The molecule has 0 amide bonds. The van der Waals surface area contributed by atoms with Crippen molar-refractivity contribution in [1.29, 1.82) is 0 Å². The molecule has 0 spiro atoms. The molecule has 0 saturated carbocycles. The van der Waals surface area contributed by atoms with E-state index in [1.54, 1.807) is 48.5 Å². The van der Waals surface area contributed by atoms with Crippen LogP contribution in [0.1, 0.15) is 20.7 Å². The number of hydrogen-bond donors (Lipinski definition) is 2. The Morgan fingerprint density at radius 1 is 0.615 bits per heavy atom. The van der Waals surface area contributed by atoms with E-state index in [-0.39, 0.29) is 13.2 Å². The van der Waals surface area contributed by atoms with Crippen LogP contribution in [0.4, 0.5) is 0 Å². The van der Waals surface area contributed by atoms with Crippen LogP contribution in [0.3, 0.4) is 0 Å². The molecule has 2 rings (SSSR count). The summed E-state index contributed by atoms with van der Waals surface area (Å²) in [6, 6.07) is 17.2. The first-order valence-corrected chi connectivity index (χ1v) is 8.27. The van der Waals surface area contributed by atoms with Crippen molar-refractivity contribution in [2.75, 3.05) is 39.6 Å². The first-order valence-electron chi connectivity index (χ1n) is 8.27. The Hall–Kier alpha value is -2.38. The summed E-state index contributed by atoms with van der Waals surface area (Å²) in [6.07, 6.45) is 0. The van der Waals surface area contributed by atoms with Gasteiger partial charge in [-0.15, -0.1) is 0 Å². The molecule has 0 aliphatic rings. The molecule has 0 heterocycles. The number of carbonyl (C=O) groups excluding carboxylic acids is 2. The van der Waals surface area contributed by atoms with Crippen molar-refractivity contribution in [2.24, 2.45) is 0 Å². The molecular weight excluding hydrogens is 336 g/mol. The smallest absolute Gasteiger partial charge is 0.233 e. The zero-order valence-electron chi connectivity index (χ0n) is 14.5. The van der Waals surface area contributed by atoms with Gasteiger partial charge < -0.3 is 19.7 Å². The molecular formula is C20H24O6. The van der Waals surface area contributed by atoms with Gasteiger partial charge in [0, 0.05) is 11.1 Å². The second-order valence-corrected chi connectivity index (χ2v) is 5.06. The molecule has 0 aliphatic carbocycles. The maximum atomic E-state index is 11.8. The lowest BCUT2D eigenvalue weighted by atomic mass is 10.0. The van der Waals surface area contributed by atoms with E-state index in [2.05, 4.69) is 0 Å². The Morgan fingerprint density at radius 2 is 0.962 bits per heavy atom. The minimum absolute atomic E-state index is 0.0417. The fraction of sp³-hybridized carbons (Fsp3) is 0.300. The number of rotatable bonds is 10. The van der Waals surface area contributed by atoms with Gasteiger partial charge in [0.05, 0.1) is 39.6 Å². The predicted molar refractivity (Wildman–Crippen MR) is 97.4 cm³/mol. The van der Waals surface area contributed by atoms with Gasteiger partial charge in [0.1, 0.15) is 0 Å². The van der Waals surface area contributed by atoms with Crippen LogP contribution < -0.4 is 0 Å². The van der Waals surface area contributed by atoms with Crippen LogP contribution >= 0.6 is 0 Å². The molecule has 6 nitrogen and oxygen atoms in total. The lowest BCUT2D eigenvalue weighted by Crippen LogP contribution is -2.14. The molecule has 0 aliphatic heterocycles. The van der Waals surface area contributed by atoms with Crippen molar-refractivity contribution in [2.45, 2.75) is 0 Å². The van der Waals surface area contributed by atoms with Gasteiger partial charge in [-0.05, 0) is 0 Å². The summed E-state index contributed by atoms with van der Waals surface area (Å²) in [6.45, 7) is 1.73. The maximum absolute atomic E-state index is 11.8. The molecule has 2 aromatic carbocycles. The largest absolute Gasteiger partial charge is 0.394 e. The van der Waals surface area contributed by atoms with E-state index in [1.165, 1.54) is 0 Å². The lowest BCUT2D eigenvalue weighted by Gasteiger charge is -2.01. The zero-order chi connectivity index (χ0) is 19.0. The number of aliphatic hydroxyl groups is 2. The van der Waals surface area contributed by atoms with E-state index in [0.717, 1.165) is 0 Å². The van der Waals surface area contributed by atoms with Gasteiger partial charge >= 0.3 is 0 Å². The number of benzene rings is 2. The second-order valence-electron chi connectivity index (χ2n) is 5.06. The van der Waals surface area contributed by atoms with Gasteiger partial charge in [-0.3, -0.25) is 9.59 Å². The van der Waals surface area contributed by atoms with Crippen molar-refractivity contribution in [3.05, 3.63) is 71.8 Å². The van der Waals surface area contributed by atoms with Crippen LogP contribution in [0.15, 0.2) is 60.7 Å². The normalized spacial score (nSPS) is 9.92. The van der Waals surface area contributed by atoms with E-state index >= 15 is 0 Å². The van der Waals surface area contributed by atoms with E-state index in [1.807, 2.05) is 12.1 Å². The van der Waals surface area contributed by atoms with Crippen molar-refractivity contribution >= 4 is 11.6 Å². The van der Waals surface area contributed by atoms with E-state index in [4.69, 9.17) is 19.7 Å². The van der Waals surface area contributed by atoms with Crippen LogP contribution in [0.5, 0.6) is 0 Å². The Labute approximate surface area is 153 Å². The summed E-state index contributed by atoms with van der Waals surface area (Å²) in [5.41, 5.74) is 0.854. The highest BCUT2D eigenvalue weighted by atomic mass is 16.5. The summed E-state index contributed by atoms with van der Waals surface area (Å²) in [5.74, 6) is -0.932. The quantitative estimate of drug-likeness (QED) is 0.381. The third kappa shape index (κ3) is 8.64. The SMILES string of the molecule is O=C(C(=O)c1ccccc1)c1ccccc1.OCCOCCOCCO. The van der Waals surface area contributed by atoms with Gasteiger partial charge in [0.2, 0.25) is 11.6 Å². The van der Waals surface area contributed by atoms with Crippen LogP contribution in [0.2, 0.25) is 0 Å². The Bertz CT molecular complexity index is 570. The van der Waals surface area contributed by atoms with Gasteiger partial charge in [-0.1, -0.05) is 60.7 Å². The highest BCUT2D eigenvalue weighted by Gasteiger charge is 2.16. The molecule has 6 heteroatoms. The third-order valence-electron chi connectivity index (χ3n) is 3.12. The molecule has 0 atom stereocenters. The standard InChI is InChI=1S/C14H10O2.C6H14O4/c15-13(11-7-3-1-4-8-11)14(16)12-9-5-2-6-10-12;7-1-3-9-5-6-10-4-2-8/h1-10H;7-8H,1-6H2. The Balaban J connectivity index is 0.000000294. The van der Waals surface area contributed by atoms with Crippen LogP contribution in [-0.4, -0.2) is 61.4 Å². The Morgan fingerprint density at radius 3 is 1.27 bits per heavy atom. The minimum atomic E-state index is -0.466. The zero-order valence-corrected chi connectivity index (χ0v) is 14.5. The average molecular weight is 360 g/mol. The van der Waals surface area contributed by atoms with Crippen molar-refractivity contribution in [3.63, 3.8) is 0 Å². The molecule has 0 aromatic heterocycles. The summed E-state index contributed by atoms with van der Waals surface area (Å²) in [5, 5.41) is 16.5. The van der Waals surface area contributed by atoms with E-state index in [9.17, 15) is 9.59 Å². The van der Waals surface area contributed by atoms with Crippen LogP contribution in [0.25, 0.3) is 0 Å². The molecule has 140 valence electrons. The molecule has 0 bridgehead atoms. The highest BCUT2D eigenvalue weighted by molar-refractivity contribution is 6.49. The third-order valence-corrected chi connectivity index (χ3v) is 3.12. The number of carbonyl (C=O) groups is 2. The molecule has 2 aromatic rings. The average Bonchev–Trinajstić information content (AvgIpc) is 2.71. The predicted octanol–water partition coefficient (Wildman–Crippen LogP) is 1.76.